The Bertz CT molecular complexity index is 1090. The SMILES string of the molecule is Cc1cc(C)n(-c2ccc(NC(=O)CCN3C(=O)C(C)Oc4ccccc43)cn2)n1. The molecule has 3 aromatic rings. The first kappa shape index (κ1) is 19.6. The molecule has 8 heteroatoms. The van der Waals surface area contributed by atoms with Crippen LogP contribution < -0.4 is 15.0 Å². The second kappa shape index (κ2) is 7.98. The van der Waals surface area contributed by atoms with E-state index in [4.69, 9.17) is 4.74 Å². The first-order valence-electron chi connectivity index (χ1n) is 9.79. The highest BCUT2D eigenvalue weighted by atomic mass is 16.5. The number of pyridine rings is 1. The van der Waals surface area contributed by atoms with Crippen LogP contribution in [0.4, 0.5) is 11.4 Å². The molecule has 0 saturated heterocycles. The first-order valence-corrected chi connectivity index (χ1v) is 9.79. The highest BCUT2D eigenvalue weighted by Crippen LogP contribution is 2.33. The number of amides is 2. The van der Waals surface area contributed by atoms with Crippen LogP contribution in [0.5, 0.6) is 5.75 Å². The van der Waals surface area contributed by atoms with Crippen LogP contribution in [0.2, 0.25) is 0 Å². The van der Waals surface area contributed by atoms with E-state index in [2.05, 4.69) is 15.4 Å². The molecule has 0 fully saturated rings. The summed E-state index contributed by atoms with van der Waals surface area (Å²) in [6, 6.07) is 12.9. The second-order valence-electron chi connectivity index (χ2n) is 7.26. The molecule has 4 rings (SSSR count). The lowest BCUT2D eigenvalue weighted by Gasteiger charge is -2.32. The predicted molar refractivity (Wildman–Crippen MR) is 113 cm³/mol. The molecular weight excluding hydrogens is 382 g/mol. The summed E-state index contributed by atoms with van der Waals surface area (Å²) in [5, 5.41) is 7.23. The Balaban J connectivity index is 1.39. The summed E-state index contributed by atoms with van der Waals surface area (Å²) in [4.78, 5) is 30.9. The number of aromatic nitrogens is 3. The molecule has 154 valence electrons. The minimum atomic E-state index is -0.575. The summed E-state index contributed by atoms with van der Waals surface area (Å²) < 4.78 is 7.38. The lowest BCUT2D eigenvalue weighted by molar-refractivity contribution is -0.125. The maximum Gasteiger partial charge on any atom is 0.267 e. The van der Waals surface area contributed by atoms with Gasteiger partial charge in [0.05, 0.1) is 23.3 Å². The average Bonchev–Trinajstić information content (AvgIpc) is 3.07. The van der Waals surface area contributed by atoms with Crippen molar-refractivity contribution in [3.05, 3.63) is 60.0 Å². The van der Waals surface area contributed by atoms with Gasteiger partial charge in [-0.05, 0) is 51.1 Å². The minimum Gasteiger partial charge on any atom is -0.479 e. The number of anilines is 2. The number of nitrogens with zero attached hydrogens (tertiary/aromatic N) is 4. The maximum atomic E-state index is 12.5. The Morgan fingerprint density at radius 2 is 2.00 bits per heavy atom. The van der Waals surface area contributed by atoms with Gasteiger partial charge in [0, 0.05) is 18.7 Å². The molecule has 2 amide bonds. The van der Waals surface area contributed by atoms with E-state index in [0.29, 0.717) is 22.9 Å². The Hall–Kier alpha value is -3.68. The van der Waals surface area contributed by atoms with Crippen molar-refractivity contribution in [3.8, 4) is 11.6 Å². The Labute approximate surface area is 174 Å². The molecule has 30 heavy (non-hydrogen) atoms. The van der Waals surface area contributed by atoms with Crippen LogP contribution >= 0.6 is 0 Å². The molecule has 1 aromatic carbocycles. The van der Waals surface area contributed by atoms with Crippen LogP contribution in [0, 0.1) is 13.8 Å². The van der Waals surface area contributed by atoms with E-state index in [1.54, 1.807) is 34.8 Å². The molecule has 8 nitrogen and oxygen atoms in total. The number of para-hydroxylation sites is 2. The molecule has 1 aliphatic heterocycles. The monoisotopic (exact) mass is 405 g/mol. The van der Waals surface area contributed by atoms with Crippen molar-refractivity contribution in [3.63, 3.8) is 0 Å². The average molecular weight is 405 g/mol. The molecule has 0 saturated carbocycles. The van der Waals surface area contributed by atoms with Crippen molar-refractivity contribution in [2.75, 3.05) is 16.8 Å². The van der Waals surface area contributed by atoms with E-state index in [-0.39, 0.29) is 24.8 Å². The normalized spacial score (nSPS) is 15.5. The highest BCUT2D eigenvalue weighted by molar-refractivity contribution is 6.00. The lowest BCUT2D eigenvalue weighted by Crippen LogP contribution is -2.45. The number of hydrogen-bond acceptors (Lipinski definition) is 5. The van der Waals surface area contributed by atoms with Crippen LogP contribution in [-0.4, -0.2) is 39.2 Å². The van der Waals surface area contributed by atoms with Crippen LogP contribution in [-0.2, 0) is 9.59 Å². The minimum absolute atomic E-state index is 0.155. The summed E-state index contributed by atoms with van der Waals surface area (Å²) >= 11 is 0. The van der Waals surface area contributed by atoms with Gasteiger partial charge in [-0.25, -0.2) is 9.67 Å². The zero-order chi connectivity index (χ0) is 21.3. The molecule has 1 N–H and O–H groups in total. The number of benzene rings is 1. The van der Waals surface area contributed by atoms with Gasteiger partial charge in [0.15, 0.2) is 11.9 Å². The van der Waals surface area contributed by atoms with E-state index in [9.17, 15) is 9.59 Å². The van der Waals surface area contributed by atoms with E-state index in [0.717, 1.165) is 11.4 Å². The van der Waals surface area contributed by atoms with Crippen molar-refractivity contribution in [2.45, 2.75) is 33.3 Å². The summed E-state index contributed by atoms with van der Waals surface area (Å²) in [6.07, 6.45) is 1.18. The summed E-state index contributed by atoms with van der Waals surface area (Å²) in [5.41, 5.74) is 3.18. The van der Waals surface area contributed by atoms with Gasteiger partial charge >= 0.3 is 0 Å². The maximum absolute atomic E-state index is 12.5. The zero-order valence-electron chi connectivity index (χ0n) is 17.1. The first-order chi connectivity index (χ1) is 14.4. The fraction of sp³-hybridized carbons (Fsp3) is 0.273. The molecule has 0 radical (unpaired) electrons. The van der Waals surface area contributed by atoms with Gasteiger partial charge in [-0.15, -0.1) is 0 Å². The van der Waals surface area contributed by atoms with Crippen LogP contribution in [0.25, 0.3) is 5.82 Å². The molecular formula is C22H23N5O3. The molecule has 1 unspecified atom stereocenters. The molecule has 1 atom stereocenters. The summed E-state index contributed by atoms with van der Waals surface area (Å²) in [6.45, 7) is 5.87. The van der Waals surface area contributed by atoms with Crippen LogP contribution in [0.1, 0.15) is 24.7 Å². The van der Waals surface area contributed by atoms with E-state index < -0.39 is 6.10 Å². The lowest BCUT2D eigenvalue weighted by atomic mass is 10.1. The summed E-state index contributed by atoms with van der Waals surface area (Å²) in [7, 11) is 0. The number of fused-ring (bicyclic) bond motifs is 1. The van der Waals surface area contributed by atoms with Gasteiger partial charge in [0.25, 0.3) is 5.91 Å². The highest BCUT2D eigenvalue weighted by Gasteiger charge is 2.31. The van der Waals surface area contributed by atoms with Gasteiger partial charge in [0.2, 0.25) is 5.91 Å². The van der Waals surface area contributed by atoms with E-state index in [1.165, 1.54) is 0 Å². The Morgan fingerprint density at radius 1 is 1.20 bits per heavy atom. The second-order valence-corrected chi connectivity index (χ2v) is 7.26. The van der Waals surface area contributed by atoms with Crippen molar-refractivity contribution in [1.82, 2.24) is 14.8 Å². The number of hydrogen-bond donors (Lipinski definition) is 1. The fourth-order valence-electron chi connectivity index (χ4n) is 3.47. The summed E-state index contributed by atoms with van der Waals surface area (Å²) in [5.74, 6) is 0.981. The fourth-order valence-corrected chi connectivity index (χ4v) is 3.47. The number of ether oxygens (including phenoxy) is 1. The molecule has 0 bridgehead atoms. The van der Waals surface area contributed by atoms with E-state index >= 15 is 0 Å². The quantitative estimate of drug-likeness (QED) is 0.705. The smallest absolute Gasteiger partial charge is 0.267 e. The number of carbonyl (C=O) groups excluding carboxylic acids is 2. The van der Waals surface area contributed by atoms with Gasteiger partial charge in [0.1, 0.15) is 5.75 Å². The predicted octanol–water partition coefficient (Wildman–Crippen LogP) is 3.03. The number of nitrogens with one attached hydrogen (secondary N) is 1. The topological polar surface area (TPSA) is 89.4 Å². The number of carbonyl (C=O) groups is 2. The Morgan fingerprint density at radius 3 is 2.70 bits per heavy atom. The van der Waals surface area contributed by atoms with Crippen LogP contribution in [0.3, 0.4) is 0 Å². The Kier molecular flexibility index (Phi) is 5.22. The van der Waals surface area contributed by atoms with E-state index in [1.807, 2.05) is 44.2 Å². The third kappa shape index (κ3) is 3.89. The third-order valence-corrected chi connectivity index (χ3v) is 4.89. The molecule has 3 heterocycles. The standard InChI is InChI=1S/C22H23N5O3/c1-14-12-15(2)27(25-14)20-9-8-17(13-23-20)24-21(28)10-11-26-18-6-4-5-7-19(18)30-16(3)22(26)29/h4-9,12-13,16H,10-11H2,1-3H3,(H,24,28). The van der Waals surface area contributed by atoms with Crippen LogP contribution in [0.15, 0.2) is 48.7 Å². The number of aryl methyl sites for hydroxylation is 2. The zero-order valence-corrected chi connectivity index (χ0v) is 17.1. The van der Waals surface area contributed by atoms with Gasteiger partial charge in [-0.3, -0.25) is 9.59 Å². The molecule has 2 aromatic heterocycles. The molecule has 1 aliphatic rings. The van der Waals surface area contributed by atoms with Crippen molar-refractivity contribution < 1.29 is 14.3 Å². The van der Waals surface area contributed by atoms with Gasteiger partial charge < -0.3 is 15.0 Å². The molecule has 0 spiro atoms. The molecule has 0 aliphatic carbocycles. The van der Waals surface area contributed by atoms with Gasteiger partial charge in [-0.2, -0.15) is 5.10 Å². The third-order valence-electron chi connectivity index (χ3n) is 4.89. The number of rotatable bonds is 5. The van der Waals surface area contributed by atoms with Crippen molar-refractivity contribution >= 4 is 23.2 Å². The van der Waals surface area contributed by atoms with Crippen molar-refractivity contribution in [1.29, 1.82) is 0 Å². The van der Waals surface area contributed by atoms with Crippen molar-refractivity contribution in [2.24, 2.45) is 0 Å². The largest absolute Gasteiger partial charge is 0.479 e. The van der Waals surface area contributed by atoms with Gasteiger partial charge in [-0.1, -0.05) is 12.1 Å².